The summed E-state index contributed by atoms with van der Waals surface area (Å²) in [6.07, 6.45) is 2.22. The van der Waals surface area contributed by atoms with Crippen molar-refractivity contribution in [2.75, 3.05) is 20.1 Å². The first kappa shape index (κ1) is 19.3. The number of rotatable bonds is 6. The summed E-state index contributed by atoms with van der Waals surface area (Å²) in [4.78, 5) is 4.73. The molecule has 148 valence electrons. The highest BCUT2D eigenvalue weighted by Crippen LogP contribution is 2.23. The topological polar surface area (TPSA) is 71.4 Å². The van der Waals surface area contributed by atoms with Gasteiger partial charge in [0.05, 0.1) is 18.8 Å². The van der Waals surface area contributed by atoms with E-state index in [9.17, 15) is 0 Å². The molecule has 0 N–H and O–H groups in total. The van der Waals surface area contributed by atoms with E-state index in [2.05, 4.69) is 48.1 Å². The molecule has 1 aromatic carbocycles. The van der Waals surface area contributed by atoms with E-state index < -0.39 is 0 Å². The van der Waals surface area contributed by atoms with Gasteiger partial charge in [-0.15, -0.1) is 10.2 Å². The molecule has 0 saturated carbocycles. The molecule has 1 fully saturated rings. The second kappa shape index (κ2) is 8.55. The fourth-order valence-corrected chi connectivity index (χ4v) is 3.86. The van der Waals surface area contributed by atoms with Crippen LogP contribution in [0, 0.1) is 6.92 Å². The molecule has 0 aliphatic carbocycles. The minimum absolute atomic E-state index is 0.510. The number of aryl methyl sites for hydroxylation is 1. The van der Waals surface area contributed by atoms with E-state index in [-0.39, 0.29) is 0 Å². The van der Waals surface area contributed by atoms with Gasteiger partial charge in [-0.05, 0) is 51.1 Å². The van der Waals surface area contributed by atoms with Gasteiger partial charge in [0, 0.05) is 35.2 Å². The predicted molar refractivity (Wildman–Crippen MR) is 108 cm³/mol. The molecule has 0 bridgehead atoms. The first-order chi connectivity index (χ1) is 13.6. The van der Waals surface area contributed by atoms with Gasteiger partial charge in [-0.2, -0.15) is 0 Å². The molecule has 1 aliphatic heterocycles. The molecule has 0 radical (unpaired) electrons. The zero-order valence-corrected chi connectivity index (χ0v) is 17.7. The van der Waals surface area contributed by atoms with Crippen LogP contribution in [0.5, 0.6) is 0 Å². The van der Waals surface area contributed by atoms with Gasteiger partial charge in [-0.25, -0.2) is 0 Å². The van der Waals surface area contributed by atoms with Crippen LogP contribution in [-0.4, -0.2) is 51.3 Å². The van der Waals surface area contributed by atoms with Crippen LogP contribution < -0.4 is 0 Å². The number of piperidine rings is 1. The van der Waals surface area contributed by atoms with Gasteiger partial charge in [0.2, 0.25) is 11.8 Å². The fourth-order valence-electron chi connectivity index (χ4n) is 3.60. The number of aromatic nitrogens is 3. The first-order valence-electron chi connectivity index (χ1n) is 9.50. The Kier molecular flexibility index (Phi) is 5.89. The summed E-state index contributed by atoms with van der Waals surface area (Å²) in [6.45, 7) is 5.53. The minimum Gasteiger partial charge on any atom is -0.419 e. The predicted octanol–water partition coefficient (Wildman–Crippen LogP) is 3.89. The summed E-state index contributed by atoms with van der Waals surface area (Å²) in [7, 11) is 2.13. The van der Waals surface area contributed by atoms with Crippen LogP contribution in [0.15, 0.2) is 43.7 Å². The van der Waals surface area contributed by atoms with Crippen molar-refractivity contribution < 1.29 is 8.94 Å². The zero-order valence-electron chi connectivity index (χ0n) is 16.1. The second-order valence-corrected chi connectivity index (χ2v) is 8.28. The maximum atomic E-state index is 5.86. The van der Waals surface area contributed by atoms with Crippen LogP contribution in [0.1, 0.15) is 30.2 Å². The Balaban J connectivity index is 1.29. The second-order valence-electron chi connectivity index (χ2n) is 7.36. The van der Waals surface area contributed by atoms with Gasteiger partial charge in [0.25, 0.3) is 0 Å². The smallest absolute Gasteiger partial charge is 0.247 e. The average molecular weight is 446 g/mol. The van der Waals surface area contributed by atoms with E-state index in [1.165, 1.54) is 0 Å². The molecular formula is C20H24BrN5O2. The third-order valence-electron chi connectivity index (χ3n) is 5.18. The highest BCUT2D eigenvalue weighted by molar-refractivity contribution is 9.10. The summed E-state index contributed by atoms with van der Waals surface area (Å²) in [6, 6.07) is 10.4. The van der Waals surface area contributed by atoms with Crippen molar-refractivity contribution in [3.8, 4) is 11.5 Å². The molecule has 0 spiro atoms. The van der Waals surface area contributed by atoms with Gasteiger partial charge in [-0.1, -0.05) is 21.1 Å². The Morgan fingerprint density at radius 1 is 1.18 bits per heavy atom. The van der Waals surface area contributed by atoms with E-state index >= 15 is 0 Å². The lowest BCUT2D eigenvalue weighted by Crippen LogP contribution is -2.42. The van der Waals surface area contributed by atoms with Crippen molar-refractivity contribution in [3.05, 3.63) is 52.1 Å². The van der Waals surface area contributed by atoms with E-state index in [0.29, 0.717) is 24.4 Å². The number of hydrogen-bond acceptors (Lipinski definition) is 7. The maximum absolute atomic E-state index is 5.86. The molecule has 1 saturated heterocycles. The van der Waals surface area contributed by atoms with Crippen LogP contribution in [-0.2, 0) is 13.1 Å². The van der Waals surface area contributed by atoms with Crippen LogP contribution in [0.2, 0.25) is 0 Å². The Labute approximate surface area is 172 Å². The van der Waals surface area contributed by atoms with Gasteiger partial charge < -0.3 is 8.94 Å². The van der Waals surface area contributed by atoms with Crippen molar-refractivity contribution in [1.29, 1.82) is 0 Å². The lowest BCUT2D eigenvalue weighted by Gasteiger charge is -2.35. The molecule has 0 unspecified atom stereocenters. The number of hydrogen-bond donors (Lipinski definition) is 0. The van der Waals surface area contributed by atoms with Gasteiger partial charge in [-0.3, -0.25) is 9.80 Å². The van der Waals surface area contributed by atoms with Crippen LogP contribution >= 0.6 is 15.9 Å². The molecule has 8 heteroatoms. The monoisotopic (exact) mass is 445 g/mol. The molecule has 2 aromatic heterocycles. The third kappa shape index (κ3) is 4.68. The summed E-state index contributed by atoms with van der Waals surface area (Å²) in [5.74, 6) is 2.16. The Bertz CT molecular complexity index is 899. The van der Waals surface area contributed by atoms with Gasteiger partial charge in [0.1, 0.15) is 0 Å². The molecule has 28 heavy (non-hydrogen) atoms. The molecule has 0 amide bonds. The van der Waals surface area contributed by atoms with Gasteiger partial charge >= 0.3 is 0 Å². The average Bonchev–Trinajstić information content (AvgIpc) is 3.32. The van der Waals surface area contributed by atoms with Crippen LogP contribution in [0.4, 0.5) is 0 Å². The van der Waals surface area contributed by atoms with Crippen molar-refractivity contribution in [1.82, 2.24) is 25.2 Å². The molecule has 3 heterocycles. The summed E-state index contributed by atoms with van der Waals surface area (Å²) in [5, 5.41) is 12.4. The standard InChI is InChI=1S/C20H24BrN5O2/c1-14-11-18(28-24-14)12-26-9-7-17(8-10-26)25(2)13-19-22-23-20(27-19)15-3-5-16(21)6-4-15/h3-6,11,17H,7-10,12-13H2,1-2H3. The normalized spacial score (nSPS) is 16.1. The lowest BCUT2D eigenvalue weighted by molar-refractivity contribution is 0.107. The molecule has 0 atom stereocenters. The van der Waals surface area contributed by atoms with Crippen LogP contribution in [0.25, 0.3) is 11.5 Å². The van der Waals surface area contributed by atoms with Gasteiger partial charge in [0.15, 0.2) is 5.76 Å². The van der Waals surface area contributed by atoms with E-state index in [1.807, 2.05) is 37.3 Å². The molecular weight excluding hydrogens is 422 g/mol. The fraction of sp³-hybridized carbons (Fsp3) is 0.450. The Morgan fingerprint density at radius 2 is 1.93 bits per heavy atom. The van der Waals surface area contributed by atoms with E-state index in [0.717, 1.165) is 54.0 Å². The van der Waals surface area contributed by atoms with Crippen molar-refractivity contribution in [3.63, 3.8) is 0 Å². The first-order valence-corrected chi connectivity index (χ1v) is 10.3. The summed E-state index contributed by atoms with van der Waals surface area (Å²) in [5.41, 5.74) is 1.87. The van der Waals surface area contributed by atoms with Crippen molar-refractivity contribution >= 4 is 15.9 Å². The quantitative estimate of drug-likeness (QED) is 0.569. The SMILES string of the molecule is Cc1cc(CN2CCC(N(C)Cc3nnc(-c4ccc(Br)cc4)o3)CC2)on1. The molecule has 1 aliphatic rings. The summed E-state index contributed by atoms with van der Waals surface area (Å²) < 4.78 is 12.2. The van der Waals surface area contributed by atoms with Crippen molar-refractivity contribution in [2.45, 2.75) is 38.9 Å². The minimum atomic E-state index is 0.510. The van der Waals surface area contributed by atoms with Crippen molar-refractivity contribution in [2.24, 2.45) is 0 Å². The Hall–Kier alpha value is -2.03. The third-order valence-corrected chi connectivity index (χ3v) is 5.71. The highest BCUT2D eigenvalue weighted by Gasteiger charge is 2.24. The summed E-state index contributed by atoms with van der Waals surface area (Å²) >= 11 is 3.44. The maximum Gasteiger partial charge on any atom is 0.247 e. The number of halogens is 1. The highest BCUT2D eigenvalue weighted by atomic mass is 79.9. The van der Waals surface area contributed by atoms with Crippen LogP contribution in [0.3, 0.4) is 0 Å². The molecule has 3 aromatic rings. The molecule has 4 rings (SSSR count). The Morgan fingerprint density at radius 3 is 2.61 bits per heavy atom. The number of nitrogens with zero attached hydrogens (tertiary/aromatic N) is 5. The zero-order chi connectivity index (χ0) is 19.5. The van der Waals surface area contributed by atoms with E-state index in [4.69, 9.17) is 8.94 Å². The lowest BCUT2D eigenvalue weighted by atomic mass is 10.0. The number of benzene rings is 1. The molecule has 7 nitrogen and oxygen atoms in total. The largest absolute Gasteiger partial charge is 0.419 e. The van der Waals surface area contributed by atoms with E-state index in [1.54, 1.807) is 0 Å². The number of likely N-dealkylation sites (tertiary alicyclic amines) is 1.